The summed E-state index contributed by atoms with van der Waals surface area (Å²) >= 11 is 0. The van der Waals surface area contributed by atoms with Crippen LogP contribution in [0.4, 0.5) is 0 Å². The van der Waals surface area contributed by atoms with Crippen molar-refractivity contribution >= 4 is 0 Å². The van der Waals surface area contributed by atoms with Gasteiger partial charge in [-0.1, -0.05) is 57.9 Å². The Hall–Kier alpha value is -0.930. The molecule has 0 aliphatic carbocycles. The van der Waals surface area contributed by atoms with Crippen molar-refractivity contribution in [2.24, 2.45) is 5.84 Å². The number of nitrogens with two attached hydrogens (primary N) is 1. The monoisotopic (exact) mass is 277 g/mol. The van der Waals surface area contributed by atoms with Crippen molar-refractivity contribution in [2.45, 2.75) is 77.2 Å². The van der Waals surface area contributed by atoms with Crippen LogP contribution in [-0.2, 0) is 6.42 Å². The highest BCUT2D eigenvalue weighted by Crippen LogP contribution is 2.12. The molecule has 1 atom stereocenters. The molecule has 1 rings (SSSR count). The highest BCUT2D eigenvalue weighted by Gasteiger charge is 2.06. The Kier molecular flexibility index (Phi) is 10.2. The van der Waals surface area contributed by atoms with Gasteiger partial charge in [0.15, 0.2) is 0 Å². The van der Waals surface area contributed by atoms with Gasteiger partial charge in [-0.3, -0.25) is 16.3 Å². The van der Waals surface area contributed by atoms with E-state index in [1.807, 2.05) is 18.3 Å². The standard InChI is InChI=1S/C17H31N3/c1-2-3-4-5-6-7-8-12-17(20-18)14-13-16-11-9-10-15-19-16/h9-11,15,17,20H,2-8,12-14,18H2,1H3. The summed E-state index contributed by atoms with van der Waals surface area (Å²) in [7, 11) is 0. The maximum Gasteiger partial charge on any atom is 0.0404 e. The van der Waals surface area contributed by atoms with Gasteiger partial charge in [0.2, 0.25) is 0 Å². The molecule has 0 aliphatic rings. The van der Waals surface area contributed by atoms with E-state index in [0.29, 0.717) is 6.04 Å². The molecule has 1 aromatic heterocycles. The molecule has 3 N–H and O–H groups in total. The molecule has 3 heteroatoms. The van der Waals surface area contributed by atoms with E-state index < -0.39 is 0 Å². The van der Waals surface area contributed by atoms with E-state index in [1.165, 1.54) is 51.4 Å². The third kappa shape index (κ3) is 8.28. The van der Waals surface area contributed by atoms with Gasteiger partial charge in [0.1, 0.15) is 0 Å². The fourth-order valence-electron chi connectivity index (χ4n) is 2.53. The zero-order valence-electron chi connectivity index (χ0n) is 13.0. The maximum absolute atomic E-state index is 5.65. The van der Waals surface area contributed by atoms with Crippen LogP contribution in [0.5, 0.6) is 0 Å². The molecule has 1 aromatic rings. The minimum atomic E-state index is 0.424. The van der Waals surface area contributed by atoms with Gasteiger partial charge in [-0.2, -0.15) is 0 Å². The van der Waals surface area contributed by atoms with Crippen LogP contribution in [0.15, 0.2) is 24.4 Å². The Morgan fingerprint density at radius 3 is 2.45 bits per heavy atom. The van der Waals surface area contributed by atoms with E-state index in [0.717, 1.165) is 18.5 Å². The van der Waals surface area contributed by atoms with Gasteiger partial charge in [-0.15, -0.1) is 0 Å². The largest absolute Gasteiger partial charge is 0.271 e. The third-order valence-electron chi connectivity index (χ3n) is 3.87. The van der Waals surface area contributed by atoms with Gasteiger partial charge in [-0.05, 0) is 31.4 Å². The summed E-state index contributed by atoms with van der Waals surface area (Å²) in [6.45, 7) is 2.26. The van der Waals surface area contributed by atoms with Crippen molar-refractivity contribution < 1.29 is 0 Å². The predicted octanol–water partition coefficient (Wildman–Crippen LogP) is 3.99. The first-order valence-corrected chi connectivity index (χ1v) is 8.22. The number of nitrogens with zero attached hydrogens (tertiary/aromatic N) is 1. The zero-order chi connectivity index (χ0) is 14.5. The first kappa shape index (κ1) is 17.1. The minimum absolute atomic E-state index is 0.424. The van der Waals surface area contributed by atoms with Gasteiger partial charge >= 0.3 is 0 Å². The van der Waals surface area contributed by atoms with E-state index in [-0.39, 0.29) is 0 Å². The third-order valence-corrected chi connectivity index (χ3v) is 3.87. The Bertz CT molecular complexity index is 313. The molecule has 0 aromatic carbocycles. The van der Waals surface area contributed by atoms with E-state index in [1.54, 1.807) is 0 Å². The van der Waals surface area contributed by atoms with Crippen molar-refractivity contribution in [3.05, 3.63) is 30.1 Å². The first-order valence-electron chi connectivity index (χ1n) is 8.22. The summed E-state index contributed by atoms with van der Waals surface area (Å²) in [5, 5.41) is 0. The molecular weight excluding hydrogens is 246 g/mol. The predicted molar refractivity (Wildman–Crippen MR) is 86.3 cm³/mol. The van der Waals surface area contributed by atoms with E-state index in [4.69, 9.17) is 5.84 Å². The Balaban J connectivity index is 2.04. The van der Waals surface area contributed by atoms with Gasteiger partial charge in [0, 0.05) is 17.9 Å². The summed E-state index contributed by atoms with van der Waals surface area (Å²) < 4.78 is 0. The first-order chi connectivity index (χ1) is 9.86. The quantitative estimate of drug-likeness (QED) is 0.345. The number of rotatable bonds is 12. The number of pyridine rings is 1. The van der Waals surface area contributed by atoms with Crippen LogP contribution in [0.3, 0.4) is 0 Å². The van der Waals surface area contributed by atoms with Crippen molar-refractivity contribution in [2.75, 3.05) is 0 Å². The molecule has 0 saturated carbocycles. The summed E-state index contributed by atoms with van der Waals surface area (Å²) in [5.74, 6) is 5.65. The minimum Gasteiger partial charge on any atom is -0.271 e. The van der Waals surface area contributed by atoms with Gasteiger partial charge in [0.25, 0.3) is 0 Å². The lowest BCUT2D eigenvalue weighted by molar-refractivity contribution is 0.436. The van der Waals surface area contributed by atoms with Crippen LogP contribution in [-0.4, -0.2) is 11.0 Å². The molecule has 1 unspecified atom stereocenters. The number of hydrogen-bond acceptors (Lipinski definition) is 3. The molecule has 0 saturated heterocycles. The van der Waals surface area contributed by atoms with Gasteiger partial charge in [-0.25, -0.2) is 0 Å². The number of unbranched alkanes of at least 4 members (excludes halogenated alkanes) is 6. The summed E-state index contributed by atoms with van der Waals surface area (Å²) in [6.07, 6.45) is 14.6. The summed E-state index contributed by atoms with van der Waals surface area (Å²) in [4.78, 5) is 4.35. The number of hydrazine groups is 1. The second-order valence-electron chi connectivity index (χ2n) is 5.63. The fraction of sp³-hybridized carbons (Fsp3) is 0.706. The Morgan fingerprint density at radius 2 is 1.80 bits per heavy atom. The van der Waals surface area contributed by atoms with Crippen LogP contribution in [0, 0.1) is 0 Å². The SMILES string of the molecule is CCCCCCCCCC(CCc1ccccn1)NN. The normalized spacial score (nSPS) is 12.5. The molecule has 0 aliphatic heterocycles. The van der Waals surface area contributed by atoms with E-state index in [9.17, 15) is 0 Å². The number of aryl methyl sites for hydroxylation is 1. The van der Waals surface area contributed by atoms with Gasteiger partial charge < -0.3 is 0 Å². The molecule has 114 valence electrons. The highest BCUT2D eigenvalue weighted by atomic mass is 15.2. The second kappa shape index (κ2) is 11.9. The second-order valence-corrected chi connectivity index (χ2v) is 5.63. The zero-order valence-corrected chi connectivity index (χ0v) is 13.0. The van der Waals surface area contributed by atoms with Gasteiger partial charge in [0.05, 0.1) is 0 Å². The molecule has 0 bridgehead atoms. The van der Waals surface area contributed by atoms with Crippen LogP contribution < -0.4 is 11.3 Å². The van der Waals surface area contributed by atoms with Crippen molar-refractivity contribution in [1.82, 2.24) is 10.4 Å². The van der Waals surface area contributed by atoms with Crippen molar-refractivity contribution in [1.29, 1.82) is 0 Å². The van der Waals surface area contributed by atoms with Crippen LogP contribution in [0.25, 0.3) is 0 Å². The van der Waals surface area contributed by atoms with E-state index >= 15 is 0 Å². The summed E-state index contributed by atoms with van der Waals surface area (Å²) in [5.41, 5.74) is 4.12. The molecular formula is C17H31N3. The molecule has 1 heterocycles. The number of hydrogen-bond donors (Lipinski definition) is 2. The molecule has 0 amide bonds. The maximum atomic E-state index is 5.65. The van der Waals surface area contributed by atoms with E-state index in [2.05, 4.69) is 23.4 Å². The van der Waals surface area contributed by atoms with Crippen molar-refractivity contribution in [3.63, 3.8) is 0 Å². The average Bonchev–Trinajstić information content (AvgIpc) is 2.50. The topological polar surface area (TPSA) is 50.9 Å². The summed E-state index contributed by atoms with van der Waals surface area (Å²) in [6, 6.07) is 6.51. The Morgan fingerprint density at radius 1 is 1.05 bits per heavy atom. The lowest BCUT2D eigenvalue weighted by Crippen LogP contribution is -2.35. The smallest absolute Gasteiger partial charge is 0.0404 e. The molecule has 20 heavy (non-hydrogen) atoms. The number of nitrogens with one attached hydrogen (secondary N) is 1. The lowest BCUT2D eigenvalue weighted by Gasteiger charge is -2.15. The molecule has 0 spiro atoms. The van der Waals surface area contributed by atoms with Crippen LogP contribution >= 0.6 is 0 Å². The average molecular weight is 277 g/mol. The number of aromatic nitrogens is 1. The fourth-order valence-corrected chi connectivity index (χ4v) is 2.53. The Labute approximate surface area is 124 Å². The highest BCUT2D eigenvalue weighted by molar-refractivity contribution is 5.03. The van der Waals surface area contributed by atoms with Crippen molar-refractivity contribution in [3.8, 4) is 0 Å². The molecule has 3 nitrogen and oxygen atoms in total. The molecule has 0 radical (unpaired) electrons. The van der Waals surface area contributed by atoms with Crippen LogP contribution in [0.2, 0.25) is 0 Å². The van der Waals surface area contributed by atoms with Crippen LogP contribution in [0.1, 0.15) is 70.4 Å². The lowest BCUT2D eigenvalue weighted by atomic mass is 10.0. The molecule has 0 fully saturated rings.